The Balaban J connectivity index is 1.19. The Morgan fingerprint density at radius 1 is 1.08 bits per heavy atom. The highest BCUT2D eigenvalue weighted by Gasteiger charge is 2.40. The molecule has 0 aliphatic carbocycles. The number of rotatable bonds is 6. The van der Waals surface area contributed by atoms with E-state index in [0.717, 1.165) is 24.2 Å². The number of carbonyl (C=O) groups excluding carboxylic acids is 2. The molecule has 11 heteroatoms. The van der Waals surface area contributed by atoms with Crippen LogP contribution in [0.1, 0.15) is 35.2 Å². The average molecular weight is 505 g/mol. The number of nitrogens with one attached hydrogen (secondary N) is 1. The SMILES string of the molecule is O=C1CCC(N2Cc3c(OCC4CCN(c5ccc(OC(F)(F)F)cc5)C4)cccc3C2=O)C(O)N1. The number of benzene rings is 2. The molecule has 8 nitrogen and oxygen atoms in total. The summed E-state index contributed by atoms with van der Waals surface area (Å²) in [6, 6.07) is 10.6. The monoisotopic (exact) mass is 505 g/mol. The molecule has 0 radical (unpaired) electrons. The molecule has 2 amide bonds. The number of alkyl halides is 3. The van der Waals surface area contributed by atoms with Gasteiger partial charge in [-0.05, 0) is 49.2 Å². The number of fused-ring (bicyclic) bond motifs is 1. The van der Waals surface area contributed by atoms with Crippen LogP contribution in [0.2, 0.25) is 0 Å². The van der Waals surface area contributed by atoms with Crippen LogP contribution in [0.5, 0.6) is 11.5 Å². The Kier molecular flexibility index (Phi) is 6.42. The van der Waals surface area contributed by atoms with Crippen molar-refractivity contribution in [3.05, 3.63) is 53.6 Å². The van der Waals surface area contributed by atoms with Crippen LogP contribution in [0.15, 0.2) is 42.5 Å². The van der Waals surface area contributed by atoms with Crippen molar-refractivity contribution in [1.29, 1.82) is 0 Å². The second-order valence-corrected chi connectivity index (χ2v) is 9.29. The van der Waals surface area contributed by atoms with E-state index in [1.54, 1.807) is 29.2 Å². The van der Waals surface area contributed by atoms with Crippen LogP contribution in [0, 0.1) is 5.92 Å². The molecule has 192 valence electrons. The highest BCUT2D eigenvalue weighted by molar-refractivity contribution is 5.99. The van der Waals surface area contributed by atoms with Gasteiger partial charge in [-0.25, -0.2) is 0 Å². The molecular weight excluding hydrogens is 479 g/mol. The Morgan fingerprint density at radius 3 is 2.58 bits per heavy atom. The minimum absolute atomic E-state index is 0.194. The van der Waals surface area contributed by atoms with E-state index >= 15 is 0 Å². The van der Waals surface area contributed by atoms with Gasteiger partial charge in [0.05, 0.1) is 19.2 Å². The predicted molar refractivity (Wildman–Crippen MR) is 122 cm³/mol. The number of aliphatic hydroxyl groups excluding tert-OH is 1. The molecule has 2 fully saturated rings. The first kappa shape index (κ1) is 24.2. The maximum Gasteiger partial charge on any atom is 0.573 e. The van der Waals surface area contributed by atoms with Gasteiger partial charge in [0.2, 0.25) is 5.91 Å². The number of halogens is 3. The maximum atomic E-state index is 13.0. The molecule has 2 aromatic rings. The third kappa shape index (κ3) is 5.06. The summed E-state index contributed by atoms with van der Waals surface area (Å²) in [6.45, 7) is 2.16. The summed E-state index contributed by atoms with van der Waals surface area (Å²) in [5.41, 5.74) is 2.11. The Bertz CT molecular complexity index is 1140. The van der Waals surface area contributed by atoms with Crippen LogP contribution in [0.4, 0.5) is 18.9 Å². The molecule has 3 aliphatic heterocycles. The third-order valence-electron chi connectivity index (χ3n) is 6.89. The molecule has 3 heterocycles. The van der Waals surface area contributed by atoms with Gasteiger partial charge in [0.15, 0.2) is 0 Å². The standard InChI is InChI=1S/C25H26F3N3O5/c26-25(27,28)36-17-6-4-16(5-7-17)30-11-10-15(12-30)14-35-21-3-1-2-18-19(21)13-31(24(18)34)20-8-9-22(32)29-23(20)33/h1-7,15,20,23,33H,8-14H2,(H,29,32). The Hall–Kier alpha value is -3.47. The molecule has 36 heavy (non-hydrogen) atoms. The quantitative estimate of drug-likeness (QED) is 0.627. The number of nitrogens with zero attached hydrogens (tertiary/aromatic N) is 2. The van der Waals surface area contributed by atoms with E-state index in [0.29, 0.717) is 37.4 Å². The lowest BCUT2D eigenvalue weighted by Crippen LogP contribution is -2.55. The van der Waals surface area contributed by atoms with Crippen LogP contribution in [-0.4, -0.2) is 60.1 Å². The molecule has 0 bridgehead atoms. The van der Waals surface area contributed by atoms with Crippen LogP contribution >= 0.6 is 0 Å². The number of carbonyl (C=O) groups is 2. The van der Waals surface area contributed by atoms with Gasteiger partial charge in [-0.1, -0.05) is 6.07 Å². The van der Waals surface area contributed by atoms with E-state index in [-0.39, 0.29) is 29.9 Å². The molecule has 2 aromatic carbocycles. The van der Waals surface area contributed by atoms with E-state index in [1.807, 2.05) is 6.07 Å². The zero-order chi connectivity index (χ0) is 25.4. The van der Waals surface area contributed by atoms with Crippen molar-refractivity contribution in [3.8, 4) is 11.5 Å². The van der Waals surface area contributed by atoms with Crippen molar-refractivity contribution in [2.45, 2.75) is 44.4 Å². The lowest BCUT2D eigenvalue weighted by atomic mass is 10.0. The van der Waals surface area contributed by atoms with E-state index in [2.05, 4.69) is 15.0 Å². The lowest BCUT2D eigenvalue weighted by molar-refractivity contribution is -0.274. The third-order valence-corrected chi connectivity index (χ3v) is 6.89. The summed E-state index contributed by atoms with van der Waals surface area (Å²) in [4.78, 5) is 28.2. The lowest BCUT2D eigenvalue weighted by Gasteiger charge is -2.35. The van der Waals surface area contributed by atoms with Gasteiger partial charge in [0.25, 0.3) is 5.91 Å². The summed E-state index contributed by atoms with van der Waals surface area (Å²) in [5, 5.41) is 12.8. The molecule has 2 N–H and O–H groups in total. The molecule has 2 saturated heterocycles. The summed E-state index contributed by atoms with van der Waals surface area (Å²) < 4.78 is 47.2. The van der Waals surface area contributed by atoms with Gasteiger partial charge in [-0.2, -0.15) is 0 Å². The summed E-state index contributed by atoms with van der Waals surface area (Å²) in [7, 11) is 0. The fourth-order valence-electron chi connectivity index (χ4n) is 5.09. The normalized spacial score (nSPS) is 24.1. The largest absolute Gasteiger partial charge is 0.573 e. The predicted octanol–water partition coefficient (Wildman–Crippen LogP) is 3.04. The molecule has 0 spiro atoms. The van der Waals surface area contributed by atoms with Crippen LogP contribution < -0.4 is 19.7 Å². The van der Waals surface area contributed by atoms with Crippen LogP contribution in [-0.2, 0) is 11.3 Å². The first-order valence-electron chi connectivity index (χ1n) is 11.8. The first-order valence-corrected chi connectivity index (χ1v) is 11.8. The van der Waals surface area contributed by atoms with E-state index in [1.165, 1.54) is 12.1 Å². The first-order chi connectivity index (χ1) is 17.2. The van der Waals surface area contributed by atoms with E-state index < -0.39 is 18.6 Å². The van der Waals surface area contributed by atoms with Crippen molar-refractivity contribution >= 4 is 17.5 Å². The van der Waals surface area contributed by atoms with Crippen molar-refractivity contribution in [3.63, 3.8) is 0 Å². The van der Waals surface area contributed by atoms with Crippen LogP contribution in [0.3, 0.4) is 0 Å². The van der Waals surface area contributed by atoms with Crippen molar-refractivity contribution in [1.82, 2.24) is 10.2 Å². The number of hydrogen-bond acceptors (Lipinski definition) is 6. The molecule has 0 aromatic heterocycles. The summed E-state index contributed by atoms with van der Waals surface area (Å²) in [6.07, 6.45) is -4.32. The molecular formula is C25H26F3N3O5. The average Bonchev–Trinajstić information content (AvgIpc) is 3.43. The van der Waals surface area contributed by atoms with Crippen molar-refractivity contribution in [2.24, 2.45) is 5.92 Å². The van der Waals surface area contributed by atoms with E-state index in [4.69, 9.17) is 4.74 Å². The Morgan fingerprint density at radius 2 is 1.86 bits per heavy atom. The number of aliphatic hydroxyl groups is 1. The number of hydrogen-bond donors (Lipinski definition) is 2. The van der Waals surface area contributed by atoms with Gasteiger partial charge < -0.3 is 29.7 Å². The summed E-state index contributed by atoms with van der Waals surface area (Å²) in [5.74, 6) is 0.138. The fraction of sp³-hybridized carbons (Fsp3) is 0.440. The van der Waals surface area contributed by atoms with Crippen molar-refractivity contribution < 1.29 is 37.3 Å². The fourth-order valence-corrected chi connectivity index (χ4v) is 5.09. The molecule has 5 rings (SSSR count). The second-order valence-electron chi connectivity index (χ2n) is 9.29. The van der Waals surface area contributed by atoms with Crippen LogP contribution in [0.25, 0.3) is 0 Å². The number of piperidine rings is 1. The highest BCUT2D eigenvalue weighted by Crippen LogP contribution is 2.35. The topological polar surface area (TPSA) is 91.3 Å². The summed E-state index contributed by atoms with van der Waals surface area (Å²) >= 11 is 0. The molecule has 3 atom stereocenters. The zero-order valence-corrected chi connectivity index (χ0v) is 19.3. The molecule has 0 saturated carbocycles. The molecule has 3 unspecified atom stereocenters. The maximum absolute atomic E-state index is 13.0. The zero-order valence-electron chi connectivity index (χ0n) is 19.3. The minimum atomic E-state index is -4.72. The van der Waals surface area contributed by atoms with Gasteiger partial charge in [0.1, 0.15) is 17.7 Å². The minimum Gasteiger partial charge on any atom is -0.493 e. The highest BCUT2D eigenvalue weighted by atomic mass is 19.4. The Labute approximate surface area is 205 Å². The van der Waals surface area contributed by atoms with Gasteiger partial charge in [-0.3, -0.25) is 9.59 Å². The molecule has 3 aliphatic rings. The smallest absolute Gasteiger partial charge is 0.493 e. The van der Waals surface area contributed by atoms with Crippen molar-refractivity contribution in [2.75, 3.05) is 24.6 Å². The number of amides is 2. The van der Waals surface area contributed by atoms with Gasteiger partial charge in [0, 0.05) is 42.2 Å². The van der Waals surface area contributed by atoms with E-state index in [9.17, 15) is 27.9 Å². The second kappa shape index (κ2) is 9.53. The number of anilines is 1. The van der Waals surface area contributed by atoms with Gasteiger partial charge in [-0.15, -0.1) is 13.2 Å². The van der Waals surface area contributed by atoms with Gasteiger partial charge >= 0.3 is 6.36 Å². The number of ether oxygens (including phenoxy) is 2.